The first-order valence-electron chi connectivity index (χ1n) is 9.29. The molecule has 0 unspecified atom stereocenters. The molecule has 32 heavy (non-hydrogen) atoms. The highest BCUT2D eigenvalue weighted by atomic mass is 19.4. The number of rotatable bonds is 6. The van der Waals surface area contributed by atoms with E-state index in [1.165, 1.54) is 6.07 Å². The zero-order valence-corrected chi connectivity index (χ0v) is 16.7. The SMILES string of the molecule is Cc1cn2ccc(-c3nc(C#N)ccc3C(C=NCCC(F)(F)C(F)(F)F)=CN)cc2n1. The number of hydrogen-bond donors (Lipinski definition) is 1. The topological polar surface area (TPSA) is 92.4 Å². The van der Waals surface area contributed by atoms with E-state index in [0.717, 1.165) is 18.1 Å². The summed E-state index contributed by atoms with van der Waals surface area (Å²) in [5.41, 5.74) is 8.85. The number of nitrogens with zero attached hydrogens (tertiary/aromatic N) is 5. The summed E-state index contributed by atoms with van der Waals surface area (Å²) in [5.74, 6) is -4.84. The lowest BCUT2D eigenvalue weighted by atomic mass is 10.0. The number of aryl methyl sites for hydroxylation is 1. The summed E-state index contributed by atoms with van der Waals surface area (Å²) in [6.07, 6.45) is -1.29. The first-order valence-corrected chi connectivity index (χ1v) is 9.29. The molecule has 3 heterocycles. The number of nitrogens with two attached hydrogens (primary N) is 1. The molecule has 11 heteroatoms. The molecule has 0 fully saturated rings. The first kappa shape index (κ1) is 22.9. The number of alkyl halides is 5. The number of hydrogen-bond acceptors (Lipinski definition) is 5. The summed E-state index contributed by atoms with van der Waals surface area (Å²) in [6.45, 7) is 1.07. The van der Waals surface area contributed by atoms with Gasteiger partial charge in [0.15, 0.2) is 0 Å². The number of fused-ring (bicyclic) bond motifs is 1. The second-order valence-electron chi connectivity index (χ2n) is 6.88. The third-order valence-corrected chi connectivity index (χ3v) is 4.55. The molecule has 0 aliphatic heterocycles. The van der Waals surface area contributed by atoms with E-state index in [9.17, 15) is 27.2 Å². The van der Waals surface area contributed by atoms with Crippen molar-refractivity contribution in [1.29, 1.82) is 5.26 Å². The van der Waals surface area contributed by atoms with Crippen molar-refractivity contribution in [2.24, 2.45) is 10.7 Å². The molecule has 3 rings (SSSR count). The van der Waals surface area contributed by atoms with E-state index in [2.05, 4.69) is 15.0 Å². The summed E-state index contributed by atoms with van der Waals surface area (Å²) in [5, 5.41) is 9.23. The van der Waals surface area contributed by atoms with Crippen molar-refractivity contribution < 1.29 is 22.0 Å². The summed E-state index contributed by atoms with van der Waals surface area (Å²) in [4.78, 5) is 12.4. The van der Waals surface area contributed by atoms with E-state index in [1.54, 1.807) is 28.8 Å². The van der Waals surface area contributed by atoms with E-state index in [-0.39, 0.29) is 11.3 Å². The fraction of sp³-hybridized carbons (Fsp3) is 0.238. The lowest BCUT2D eigenvalue weighted by Gasteiger charge is -2.18. The molecule has 0 bridgehead atoms. The van der Waals surface area contributed by atoms with Crippen LogP contribution in [0, 0.1) is 18.3 Å². The highest BCUT2D eigenvalue weighted by Crippen LogP contribution is 2.38. The van der Waals surface area contributed by atoms with E-state index < -0.39 is 25.1 Å². The molecular formula is C21H17F5N6. The molecule has 3 aromatic heterocycles. The monoisotopic (exact) mass is 448 g/mol. The van der Waals surface area contributed by atoms with Gasteiger partial charge >= 0.3 is 12.1 Å². The van der Waals surface area contributed by atoms with Crippen molar-refractivity contribution in [3.8, 4) is 17.3 Å². The molecule has 0 saturated carbocycles. The predicted molar refractivity (Wildman–Crippen MR) is 109 cm³/mol. The molecule has 0 spiro atoms. The van der Waals surface area contributed by atoms with Gasteiger partial charge in [0.05, 0.1) is 11.4 Å². The summed E-state index contributed by atoms with van der Waals surface area (Å²) < 4.78 is 64.8. The van der Waals surface area contributed by atoms with Gasteiger partial charge in [-0.3, -0.25) is 4.99 Å². The number of halogens is 5. The minimum atomic E-state index is -5.64. The Morgan fingerprint density at radius 1 is 1.22 bits per heavy atom. The fourth-order valence-corrected chi connectivity index (χ4v) is 2.94. The van der Waals surface area contributed by atoms with Crippen LogP contribution >= 0.6 is 0 Å². The van der Waals surface area contributed by atoms with Crippen LogP contribution in [-0.2, 0) is 0 Å². The molecule has 0 aliphatic rings. The minimum absolute atomic E-state index is 0.126. The van der Waals surface area contributed by atoms with Gasteiger partial charge in [0, 0.05) is 54.5 Å². The van der Waals surface area contributed by atoms with Crippen LogP contribution in [0.5, 0.6) is 0 Å². The average Bonchev–Trinajstić information content (AvgIpc) is 3.12. The Morgan fingerprint density at radius 2 is 1.97 bits per heavy atom. The molecule has 3 aromatic rings. The van der Waals surface area contributed by atoms with E-state index in [0.29, 0.717) is 22.5 Å². The van der Waals surface area contributed by atoms with Gasteiger partial charge in [-0.1, -0.05) is 0 Å². The second kappa shape index (κ2) is 8.74. The highest BCUT2D eigenvalue weighted by Gasteiger charge is 2.56. The maximum Gasteiger partial charge on any atom is 0.453 e. The molecule has 166 valence electrons. The smallest absolute Gasteiger partial charge is 0.404 e. The molecule has 0 atom stereocenters. The lowest BCUT2D eigenvalue weighted by Crippen LogP contribution is -2.36. The Bertz CT molecular complexity index is 1230. The molecule has 0 radical (unpaired) electrons. The number of allylic oxidation sites excluding steroid dienone is 1. The van der Waals surface area contributed by atoms with E-state index >= 15 is 0 Å². The Kier molecular flexibility index (Phi) is 6.25. The van der Waals surface area contributed by atoms with Crippen molar-refractivity contribution in [3.05, 3.63) is 59.8 Å². The van der Waals surface area contributed by atoms with E-state index in [4.69, 9.17) is 5.73 Å². The van der Waals surface area contributed by atoms with Gasteiger partial charge in [-0.25, -0.2) is 9.97 Å². The minimum Gasteiger partial charge on any atom is -0.404 e. The number of aliphatic imine (C=N–C) groups is 1. The molecule has 0 aromatic carbocycles. The van der Waals surface area contributed by atoms with Gasteiger partial charge in [-0.2, -0.15) is 27.2 Å². The van der Waals surface area contributed by atoms with Gasteiger partial charge in [0.25, 0.3) is 0 Å². The Hall–Kier alpha value is -3.81. The molecular weight excluding hydrogens is 431 g/mol. The van der Waals surface area contributed by atoms with Crippen LogP contribution in [0.3, 0.4) is 0 Å². The maximum absolute atomic E-state index is 13.1. The molecule has 0 aliphatic carbocycles. The number of pyridine rings is 2. The van der Waals surface area contributed by atoms with Crippen LogP contribution in [0.15, 0.2) is 47.9 Å². The van der Waals surface area contributed by atoms with Gasteiger partial charge in [-0.05, 0) is 31.2 Å². The van der Waals surface area contributed by atoms with Crippen LogP contribution in [0.2, 0.25) is 0 Å². The molecule has 0 amide bonds. The summed E-state index contributed by atoms with van der Waals surface area (Å²) in [6, 6.07) is 8.42. The van der Waals surface area contributed by atoms with Crippen LogP contribution in [0.1, 0.15) is 23.4 Å². The maximum atomic E-state index is 13.1. The normalized spacial score (nSPS) is 13.1. The van der Waals surface area contributed by atoms with Crippen molar-refractivity contribution in [2.45, 2.75) is 25.4 Å². The van der Waals surface area contributed by atoms with E-state index in [1.807, 2.05) is 19.2 Å². The van der Waals surface area contributed by atoms with Gasteiger partial charge in [0.1, 0.15) is 17.4 Å². The van der Waals surface area contributed by atoms with Gasteiger partial charge < -0.3 is 10.1 Å². The van der Waals surface area contributed by atoms with Crippen molar-refractivity contribution in [1.82, 2.24) is 14.4 Å². The zero-order valence-electron chi connectivity index (χ0n) is 16.7. The Morgan fingerprint density at radius 3 is 2.62 bits per heavy atom. The van der Waals surface area contributed by atoms with Crippen LogP contribution in [-0.4, -0.2) is 39.2 Å². The average molecular weight is 448 g/mol. The standard InChI is InChI=1S/C21H17F5N6/c1-13-12-32-7-4-14(8-18(32)30-13)19-17(3-2-16(10-28)31-19)15(9-27)11-29-6-5-20(22,23)21(24,25)26/h2-4,7-9,11-12H,5-6,27H2,1H3. The summed E-state index contributed by atoms with van der Waals surface area (Å²) >= 11 is 0. The van der Waals surface area contributed by atoms with Crippen molar-refractivity contribution in [3.63, 3.8) is 0 Å². The fourth-order valence-electron chi connectivity index (χ4n) is 2.94. The van der Waals surface area contributed by atoms with Crippen LogP contribution in [0.25, 0.3) is 22.5 Å². The van der Waals surface area contributed by atoms with Crippen molar-refractivity contribution >= 4 is 17.4 Å². The summed E-state index contributed by atoms with van der Waals surface area (Å²) in [7, 11) is 0. The number of nitriles is 1. The highest BCUT2D eigenvalue weighted by molar-refractivity contribution is 6.11. The zero-order chi connectivity index (χ0) is 23.5. The largest absolute Gasteiger partial charge is 0.453 e. The number of imidazole rings is 1. The van der Waals surface area contributed by atoms with Gasteiger partial charge in [0.2, 0.25) is 0 Å². The predicted octanol–water partition coefficient (Wildman–Crippen LogP) is 4.53. The third-order valence-electron chi connectivity index (χ3n) is 4.55. The molecule has 0 saturated heterocycles. The first-order chi connectivity index (χ1) is 15.1. The Balaban J connectivity index is 1.94. The Labute approximate surface area is 179 Å². The quantitative estimate of drug-likeness (QED) is 0.443. The van der Waals surface area contributed by atoms with Crippen LogP contribution in [0.4, 0.5) is 22.0 Å². The third kappa shape index (κ3) is 4.74. The van der Waals surface area contributed by atoms with Crippen molar-refractivity contribution in [2.75, 3.05) is 6.54 Å². The molecule has 2 N–H and O–H groups in total. The van der Waals surface area contributed by atoms with Crippen LogP contribution < -0.4 is 5.73 Å². The number of aromatic nitrogens is 3. The van der Waals surface area contributed by atoms with Gasteiger partial charge in [-0.15, -0.1) is 0 Å². The molecule has 6 nitrogen and oxygen atoms in total. The lowest BCUT2D eigenvalue weighted by molar-refractivity contribution is -0.283. The second-order valence-corrected chi connectivity index (χ2v) is 6.88.